The van der Waals surface area contributed by atoms with Gasteiger partial charge in [0, 0.05) is 5.69 Å². The highest BCUT2D eigenvalue weighted by atomic mass is 32.2. The summed E-state index contributed by atoms with van der Waals surface area (Å²) >= 11 is 0. The molecule has 3 aliphatic rings. The van der Waals surface area contributed by atoms with Crippen molar-refractivity contribution in [3.63, 3.8) is 0 Å². The first kappa shape index (κ1) is 23.7. The fourth-order valence-electron chi connectivity index (χ4n) is 5.39. The quantitative estimate of drug-likeness (QED) is 0.564. The van der Waals surface area contributed by atoms with Crippen LogP contribution in [0.4, 0.5) is 5.69 Å². The van der Waals surface area contributed by atoms with E-state index in [-0.39, 0.29) is 11.5 Å². The Morgan fingerprint density at radius 2 is 1.71 bits per heavy atom. The molecule has 1 unspecified atom stereocenters. The molecule has 1 saturated carbocycles. The van der Waals surface area contributed by atoms with E-state index < -0.39 is 39.8 Å². The number of hydrogen-bond acceptors (Lipinski definition) is 7. The molecule has 9 heteroatoms. The number of ether oxygens (including phenoxy) is 3. The van der Waals surface area contributed by atoms with Crippen LogP contribution in [0.2, 0.25) is 0 Å². The van der Waals surface area contributed by atoms with Crippen LogP contribution in [0.5, 0.6) is 11.5 Å². The lowest BCUT2D eigenvalue weighted by molar-refractivity contribution is -0.154. The van der Waals surface area contributed by atoms with Crippen LogP contribution in [-0.2, 0) is 29.6 Å². The van der Waals surface area contributed by atoms with Gasteiger partial charge in [0.25, 0.3) is 5.91 Å². The van der Waals surface area contributed by atoms with Crippen molar-refractivity contribution >= 4 is 27.4 Å². The van der Waals surface area contributed by atoms with E-state index in [0.717, 1.165) is 18.4 Å². The molecule has 0 aromatic heterocycles. The third-order valence-corrected chi connectivity index (χ3v) is 8.90. The lowest BCUT2D eigenvalue weighted by Gasteiger charge is -2.31. The van der Waals surface area contributed by atoms with Crippen molar-refractivity contribution in [2.45, 2.75) is 43.6 Å². The van der Waals surface area contributed by atoms with Gasteiger partial charge in [0.1, 0.15) is 13.2 Å². The Morgan fingerprint density at radius 3 is 2.40 bits per heavy atom. The highest BCUT2D eigenvalue weighted by molar-refractivity contribution is 7.91. The number of anilines is 1. The predicted octanol–water partition coefficient (Wildman–Crippen LogP) is 3.03. The number of nitrogens with zero attached hydrogens (tertiary/aromatic N) is 1. The van der Waals surface area contributed by atoms with Crippen molar-refractivity contribution in [2.75, 3.05) is 36.2 Å². The van der Waals surface area contributed by atoms with Crippen LogP contribution < -0.4 is 14.4 Å². The Bertz CT molecular complexity index is 1210. The average Bonchev–Trinajstić information content (AvgIpc) is 3.50. The van der Waals surface area contributed by atoms with Gasteiger partial charge in [-0.2, -0.15) is 0 Å². The summed E-state index contributed by atoms with van der Waals surface area (Å²) in [6, 6.07) is 14.0. The molecule has 2 fully saturated rings. The number of amides is 1. The van der Waals surface area contributed by atoms with Gasteiger partial charge in [-0.3, -0.25) is 9.59 Å². The lowest BCUT2D eigenvalue weighted by atomic mass is 9.78. The van der Waals surface area contributed by atoms with Crippen LogP contribution in [0.1, 0.15) is 37.7 Å². The van der Waals surface area contributed by atoms with E-state index in [9.17, 15) is 18.0 Å². The lowest BCUT2D eigenvalue weighted by Crippen LogP contribution is -2.45. The first-order valence-corrected chi connectivity index (χ1v) is 13.8. The molecule has 1 aliphatic carbocycles. The minimum absolute atomic E-state index is 0.0429. The van der Waals surface area contributed by atoms with Crippen molar-refractivity contribution in [3.05, 3.63) is 54.1 Å². The Balaban J connectivity index is 1.35. The molecule has 2 aromatic rings. The van der Waals surface area contributed by atoms with Gasteiger partial charge in [0.05, 0.1) is 23.0 Å². The third kappa shape index (κ3) is 4.74. The normalized spacial score (nSPS) is 21.9. The summed E-state index contributed by atoms with van der Waals surface area (Å²) in [5.41, 5.74) is 0.557. The second-order valence-electron chi connectivity index (χ2n) is 9.38. The van der Waals surface area contributed by atoms with Crippen LogP contribution in [0.25, 0.3) is 0 Å². The van der Waals surface area contributed by atoms with Crippen LogP contribution in [-0.4, -0.2) is 57.7 Å². The van der Waals surface area contributed by atoms with E-state index in [1.165, 1.54) is 4.90 Å². The molecule has 2 aliphatic heterocycles. The largest absolute Gasteiger partial charge is 0.486 e. The molecule has 1 atom stereocenters. The molecule has 2 aromatic carbocycles. The summed E-state index contributed by atoms with van der Waals surface area (Å²) in [4.78, 5) is 28.2. The van der Waals surface area contributed by atoms with E-state index >= 15 is 0 Å². The zero-order valence-corrected chi connectivity index (χ0v) is 20.3. The van der Waals surface area contributed by atoms with Crippen molar-refractivity contribution in [1.29, 1.82) is 0 Å². The molecular formula is C26H29NO7S. The monoisotopic (exact) mass is 499 g/mol. The number of para-hydroxylation sites is 1. The standard InChI is InChI=1S/C26H29NO7S/c28-24(27(20-6-2-1-3-7-20)21-10-15-35(30,31)18-21)17-34-25(29)26(11-4-5-12-26)19-8-9-22-23(16-19)33-14-13-32-22/h1-3,6-9,16,21H,4-5,10-15,17-18H2. The maximum Gasteiger partial charge on any atom is 0.317 e. The van der Waals surface area contributed by atoms with E-state index in [1.54, 1.807) is 24.3 Å². The molecule has 2 heterocycles. The molecule has 186 valence electrons. The van der Waals surface area contributed by atoms with E-state index in [1.807, 2.05) is 24.3 Å². The summed E-state index contributed by atoms with van der Waals surface area (Å²) in [5, 5.41) is 0. The molecule has 5 rings (SSSR count). The second kappa shape index (κ2) is 9.53. The fourth-order valence-corrected chi connectivity index (χ4v) is 7.09. The van der Waals surface area contributed by atoms with Gasteiger partial charge in [0.2, 0.25) is 0 Å². The van der Waals surface area contributed by atoms with Crippen molar-refractivity contribution in [1.82, 2.24) is 0 Å². The number of esters is 1. The van der Waals surface area contributed by atoms with Crippen molar-refractivity contribution in [3.8, 4) is 11.5 Å². The zero-order valence-electron chi connectivity index (χ0n) is 19.5. The first-order chi connectivity index (χ1) is 16.9. The number of rotatable bonds is 6. The highest BCUT2D eigenvalue weighted by Crippen LogP contribution is 2.45. The Morgan fingerprint density at radius 1 is 1.00 bits per heavy atom. The van der Waals surface area contributed by atoms with E-state index in [2.05, 4.69) is 0 Å². The van der Waals surface area contributed by atoms with Crippen LogP contribution in [0.15, 0.2) is 48.5 Å². The average molecular weight is 500 g/mol. The van der Waals surface area contributed by atoms with Crippen molar-refractivity contribution in [2.24, 2.45) is 0 Å². The molecule has 0 N–H and O–H groups in total. The van der Waals surface area contributed by atoms with Gasteiger partial charge in [0.15, 0.2) is 27.9 Å². The summed E-state index contributed by atoms with van der Waals surface area (Å²) in [6.07, 6.45) is 3.38. The predicted molar refractivity (Wildman–Crippen MR) is 130 cm³/mol. The minimum atomic E-state index is -3.20. The highest BCUT2D eigenvalue weighted by Gasteiger charge is 2.45. The van der Waals surface area contributed by atoms with Crippen LogP contribution in [0.3, 0.4) is 0 Å². The van der Waals surface area contributed by atoms with E-state index in [4.69, 9.17) is 14.2 Å². The molecule has 8 nitrogen and oxygen atoms in total. The fraction of sp³-hybridized carbons (Fsp3) is 0.462. The summed E-state index contributed by atoms with van der Waals surface area (Å²) < 4.78 is 41.2. The molecule has 0 bridgehead atoms. The second-order valence-corrected chi connectivity index (χ2v) is 11.6. The van der Waals surface area contributed by atoms with Crippen molar-refractivity contribution < 1.29 is 32.2 Å². The summed E-state index contributed by atoms with van der Waals surface area (Å²) in [5.74, 6) is 0.349. The molecule has 0 spiro atoms. The molecule has 1 amide bonds. The van der Waals surface area contributed by atoms with Gasteiger partial charge < -0.3 is 19.1 Å². The van der Waals surface area contributed by atoms with Gasteiger partial charge in [-0.25, -0.2) is 8.42 Å². The number of carbonyl (C=O) groups is 2. The van der Waals surface area contributed by atoms with Gasteiger partial charge in [-0.1, -0.05) is 37.1 Å². The molecule has 0 radical (unpaired) electrons. The number of carbonyl (C=O) groups excluding carboxylic acids is 2. The van der Waals surface area contributed by atoms with Gasteiger partial charge in [-0.15, -0.1) is 0 Å². The molecular weight excluding hydrogens is 470 g/mol. The summed E-state index contributed by atoms with van der Waals surface area (Å²) in [6.45, 7) is 0.493. The molecule has 35 heavy (non-hydrogen) atoms. The topological polar surface area (TPSA) is 99.2 Å². The minimum Gasteiger partial charge on any atom is -0.486 e. The van der Waals surface area contributed by atoms with Crippen LogP contribution in [0, 0.1) is 0 Å². The van der Waals surface area contributed by atoms with Crippen LogP contribution >= 0.6 is 0 Å². The molecule has 1 saturated heterocycles. The van der Waals surface area contributed by atoms with Gasteiger partial charge in [-0.05, 0) is 49.1 Å². The number of hydrogen-bond donors (Lipinski definition) is 0. The maximum absolute atomic E-state index is 13.5. The Kier molecular flexibility index (Phi) is 6.44. The number of fused-ring (bicyclic) bond motifs is 1. The smallest absolute Gasteiger partial charge is 0.317 e. The third-order valence-electron chi connectivity index (χ3n) is 7.15. The van der Waals surface area contributed by atoms with Gasteiger partial charge >= 0.3 is 5.97 Å². The Labute approximate surface area is 205 Å². The maximum atomic E-state index is 13.5. The SMILES string of the molecule is O=C(COC(=O)C1(c2ccc3c(c2)OCCO3)CCCC1)N(c1ccccc1)C1CCS(=O)(=O)C1. The number of sulfone groups is 1. The Hall–Kier alpha value is -3.07. The summed E-state index contributed by atoms with van der Waals surface area (Å²) in [7, 11) is -3.20. The zero-order chi connectivity index (χ0) is 24.5. The van der Waals surface area contributed by atoms with E-state index in [0.29, 0.717) is 49.7 Å². The first-order valence-electron chi connectivity index (χ1n) is 12.0. The number of benzene rings is 2.